The molecule has 2 heterocycles. The summed E-state index contributed by atoms with van der Waals surface area (Å²) in [4.78, 5) is -0.327. The summed E-state index contributed by atoms with van der Waals surface area (Å²) in [6.07, 6.45) is -3.39. The van der Waals surface area contributed by atoms with E-state index < -0.39 is 28.5 Å². The number of furan rings is 1. The Balaban J connectivity index is 2.22. The molecule has 0 spiro atoms. The molecular weight excluding hydrogens is 375 g/mol. The summed E-state index contributed by atoms with van der Waals surface area (Å²) in [6.45, 7) is -0.677. The number of nitrogens with zero attached hydrogens (tertiary/aromatic N) is 2. The molecule has 0 radical (unpaired) electrons. The van der Waals surface area contributed by atoms with E-state index in [4.69, 9.17) is 9.56 Å². The van der Waals surface area contributed by atoms with Crippen molar-refractivity contribution >= 4 is 10.0 Å². The monoisotopic (exact) mass is 387 g/mol. The topological polar surface area (TPSA) is 111 Å². The second-order valence-electron chi connectivity index (χ2n) is 5.30. The highest BCUT2D eigenvalue weighted by atomic mass is 32.2. The molecule has 0 unspecified atom stereocenters. The van der Waals surface area contributed by atoms with Crippen LogP contribution < -0.4 is 5.14 Å². The smallest absolute Gasteiger partial charge is 0.435 e. The van der Waals surface area contributed by atoms with Crippen molar-refractivity contribution < 1.29 is 31.1 Å². The molecule has 11 heteroatoms. The van der Waals surface area contributed by atoms with Gasteiger partial charge in [-0.3, -0.25) is 0 Å². The highest BCUT2D eigenvalue weighted by Gasteiger charge is 2.35. The fourth-order valence-electron chi connectivity index (χ4n) is 2.42. The summed E-state index contributed by atoms with van der Waals surface area (Å²) in [5.74, 6) is 0.133. The lowest BCUT2D eigenvalue weighted by atomic mass is 10.2. The molecule has 0 aliphatic heterocycles. The van der Waals surface area contributed by atoms with Gasteiger partial charge >= 0.3 is 6.18 Å². The third-order valence-electron chi connectivity index (χ3n) is 3.54. The summed E-state index contributed by atoms with van der Waals surface area (Å²) in [7, 11) is -4.10. The maximum Gasteiger partial charge on any atom is 0.435 e. The van der Waals surface area contributed by atoms with Crippen molar-refractivity contribution in [1.82, 2.24) is 9.78 Å². The van der Waals surface area contributed by atoms with Crippen molar-refractivity contribution in [2.45, 2.75) is 17.7 Å². The van der Waals surface area contributed by atoms with Gasteiger partial charge in [0.25, 0.3) is 0 Å². The zero-order valence-corrected chi connectivity index (χ0v) is 13.8. The standard InChI is InChI=1S/C15H12F3N3O4S/c16-15(17,18)14-7-11(12-2-1-5-25-12)21(20-14)10-3-4-13(26(19,23)24)9(6-10)8-22/h1-7,22H,8H2,(H2,19,23,24). The number of aliphatic hydroxyl groups is 1. The maximum atomic E-state index is 13.1. The number of hydrogen-bond donors (Lipinski definition) is 2. The number of hydrogen-bond acceptors (Lipinski definition) is 5. The molecule has 26 heavy (non-hydrogen) atoms. The number of primary sulfonamides is 1. The van der Waals surface area contributed by atoms with Crippen LogP contribution in [0, 0.1) is 0 Å². The molecule has 0 atom stereocenters. The lowest BCUT2D eigenvalue weighted by molar-refractivity contribution is -0.141. The average molecular weight is 387 g/mol. The van der Waals surface area contributed by atoms with Crippen LogP contribution in [0.5, 0.6) is 0 Å². The van der Waals surface area contributed by atoms with Gasteiger partial charge in [-0.2, -0.15) is 18.3 Å². The minimum atomic E-state index is -4.69. The summed E-state index contributed by atoms with van der Waals surface area (Å²) < 4.78 is 68.3. The molecule has 7 nitrogen and oxygen atoms in total. The summed E-state index contributed by atoms with van der Waals surface area (Å²) in [5.41, 5.74) is -1.11. The number of nitrogens with two attached hydrogens (primary N) is 1. The van der Waals surface area contributed by atoms with Gasteiger partial charge in [0.05, 0.1) is 23.5 Å². The Bertz CT molecular complexity index is 1040. The van der Waals surface area contributed by atoms with E-state index in [0.29, 0.717) is 0 Å². The molecule has 3 N–H and O–H groups in total. The van der Waals surface area contributed by atoms with E-state index in [-0.39, 0.29) is 27.6 Å². The first-order valence-corrected chi connectivity index (χ1v) is 8.64. The molecule has 3 rings (SSSR count). The third kappa shape index (κ3) is 3.36. The zero-order valence-electron chi connectivity index (χ0n) is 12.9. The summed E-state index contributed by atoms with van der Waals surface area (Å²) in [6, 6.07) is 7.29. The van der Waals surface area contributed by atoms with Crippen molar-refractivity contribution in [3.8, 4) is 17.1 Å². The fourth-order valence-corrected chi connectivity index (χ4v) is 3.16. The second-order valence-corrected chi connectivity index (χ2v) is 6.83. The highest BCUT2D eigenvalue weighted by Crippen LogP contribution is 2.33. The van der Waals surface area contributed by atoms with Crippen LogP contribution in [0.2, 0.25) is 0 Å². The molecule has 0 bridgehead atoms. The van der Waals surface area contributed by atoms with Gasteiger partial charge in [-0.25, -0.2) is 18.2 Å². The van der Waals surface area contributed by atoms with Crippen molar-refractivity contribution in [1.29, 1.82) is 0 Å². The molecule has 2 aromatic heterocycles. The van der Waals surface area contributed by atoms with Crippen LogP contribution in [0.4, 0.5) is 13.2 Å². The van der Waals surface area contributed by atoms with E-state index >= 15 is 0 Å². The largest absolute Gasteiger partial charge is 0.463 e. The van der Waals surface area contributed by atoms with Crippen LogP contribution in [0.1, 0.15) is 11.3 Å². The van der Waals surface area contributed by atoms with Crippen LogP contribution in [0.15, 0.2) is 52.0 Å². The first-order chi connectivity index (χ1) is 12.1. The van der Waals surface area contributed by atoms with E-state index in [9.17, 15) is 26.7 Å². The van der Waals surface area contributed by atoms with Gasteiger partial charge in [0, 0.05) is 6.07 Å². The van der Waals surface area contributed by atoms with E-state index in [2.05, 4.69) is 5.10 Å². The minimum Gasteiger partial charge on any atom is -0.463 e. The maximum absolute atomic E-state index is 13.1. The second kappa shape index (κ2) is 6.27. The molecule has 0 aliphatic rings. The molecule has 1 aromatic carbocycles. The predicted octanol–water partition coefficient (Wildman–Crippen LogP) is 2.29. The molecule has 0 saturated heterocycles. The average Bonchev–Trinajstić information content (AvgIpc) is 3.21. The molecule has 138 valence electrons. The SMILES string of the molecule is NS(=O)(=O)c1ccc(-n2nc(C(F)(F)F)cc2-c2ccco2)cc1CO. The van der Waals surface area contributed by atoms with Gasteiger partial charge in [-0.05, 0) is 35.9 Å². The Morgan fingerprint density at radius 1 is 1.23 bits per heavy atom. The van der Waals surface area contributed by atoms with E-state index in [1.165, 1.54) is 30.5 Å². The Labute approximate surface area is 145 Å². The fraction of sp³-hybridized carbons (Fsp3) is 0.133. The number of benzene rings is 1. The van der Waals surface area contributed by atoms with Crippen LogP contribution in [-0.4, -0.2) is 23.3 Å². The molecule has 3 aromatic rings. The van der Waals surface area contributed by atoms with Gasteiger partial charge < -0.3 is 9.52 Å². The number of sulfonamides is 1. The highest BCUT2D eigenvalue weighted by molar-refractivity contribution is 7.89. The first kappa shape index (κ1) is 18.2. The third-order valence-corrected chi connectivity index (χ3v) is 4.55. The quantitative estimate of drug-likeness (QED) is 0.714. The molecule has 0 saturated carbocycles. The summed E-state index contributed by atoms with van der Waals surface area (Å²) in [5, 5.41) is 18.0. The number of aromatic nitrogens is 2. The van der Waals surface area contributed by atoms with Gasteiger partial charge in [0.2, 0.25) is 10.0 Å². The van der Waals surface area contributed by atoms with Crippen LogP contribution in [0.25, 0.3) is 17.1 Å². The van der Waals surface area contributed by atoms with Crippen LogP contribution in [0.3, 0.4) is 0 Å². The van der Waals surface area contributed by atoms with E-state index in [1.807, 2.05) is 0 Å². The van der Waals surface area contributed by atoms with Crippen molar-refractivity contribution in [2.24, 2.45) is 5.14 Å². The minimum absolute atomic E-state index is 0.00886. The van der Waals surface area contributed by atoms with Crippen molar-refractivity contribution in [2.75, 3.05) is 0 Å². The van der Waals surface area contributed by atoms with Gasteiger partial charge in [-0.15, -0.1) is 0 Å². The van der Waals surface area contributed by atoms with Crippen molar-refractivity contribution in [3.05, 3.63) is 53.9 Å². The Morgan fingerprint density at radius 3 is 2.50 bits per heavy atom. The van der Waals surface area contributed by atoms with Crippen LogP contribution in [-0.2, 0) is 22.8 Å². The van der Waals surface area contributed by atoms with Crippen molar-refractivity contribution in [3.63, 3.8) is 0 Å². The molecule has 0 amide bonds. The van der Waals surface area contributed by atoms with Gasteiger partial charge in [0.15, 0.2) is 11.5 Å². The zero-order chi connectivity index (χ0) is 19.1. The normalized spacial score (nSPS) is 12.5. The van der Waals surface area contributed by atoms with Gasteiger partial charge in [0.1, 0.15) is 5.69 Å². The molecule has 0 aliphatic carbocycles. The number of alkyl halides is 3. The summed E-state index contributed by atoms with van der Waals surface area (Å²) >= 11 is 0. The Kier molecular flexibility index (Phi) is 4.38. The molecule has 0 fully saturated rings. The molecular formula is C15H12F3N3O4S. The van der Waals surface area contributed by atoms with E-state index in [0.717, 1.165) is 16.8 Å². The first-order valence-electron chi connectivity index (χ1n) is 7.09. The number of aliphatic hydroxyl groups excluding tert-OH is 1. The Morgan fingerprint density at radius 2 is 1.96 bits per heavy atom. The van der Waals surface area contributed by atoms with E-state index in [1.54, 1.807) is 0 Å². The number of rotatable bonds is 4. The lowest BCUT2D eigenvalue weighted by Crippen LogP contribution is -2.15. The predicted molar refractivity (Wildman–Crippen MR) is 83.6 cm³/mol. The van der Waals surface area contributed by atoms with Gasteiger partial charge in [-0.1, -0.05) is 0 Å². The Hall–Kier alpha value is -2.63. The van der Waals surface area contributed by atoms with Crippen LogP contribution >= 0.6 is 0 Å². The number of halogens is 3. The lowest BCUT2D eigenvalue weighted by Gasteiger charge is -2.10.